The van der Waals surface area contributed by atoms with E-state index in [1.165, 1.54) is 11.5 Å². The molecule has 0 saturated heterocycles. The minimum Gasteiger partial charge on any atom is -0.756 e. The molecular formula is C11H23N2O4P. The van der Waals surface area contributed by atoms with E-state index in [1.807, 2.05) is 0 Å². The number of H-pyrrole nitrogens is 1. The summed E-state index contributed by atoms with van der Waals surface area (Å²) >= 11 is 0. The molecule has 0 bridgehead atoms. The van der Waals surface area contributed by atoms with Gasteiger partial charge in [-0.1, -0.05) is 6.92 Å². The maximum absolute atomic E-state index is 10.4. The highest BCUT2D eigenvalue weighted by molar-refractivity contribution is 7.45. The Morgan fingerprint density at radius 3 is 2.06 bits per heavy atom. The molecule has 0 atom stereocenters. The van der Waals surface area contributed by atoms with Crippen LogP contribution in [0.25, 0.3) is 0 Å². The molecule has 6 nitrogen and oxygen atoms in total. The van der Waals surface area contributed by atoms with Crippen molar-refractivity contribution in [3.8, 4) is 0 Å². The zero-order valence-corrected chi connectivity index (χ0v) is 12.6. The van der Waals surface area contributed by atoms with Crippen molar-refractivity contribution < 1.29 is 23.1 Å². The van der Waals surface area contributed by atoms with Crippen LogP contribution in [0.1, 0.15) is 32.3 Å². The molecule has 0 saturated carbocycles. The first-order valence-electron chi connectivity index (χ1n) is 6.00. The van der Waals surface area contributed by atoms with Crippen molar-refractivity contribution in [1.82, 2.24) is 4.98 Å². The summed E-state index contributed by atoms with van der Waals surface area (Å²) in [4.78, 5) is 13.6. The van der Waals surface area contributed by atoms with Gasteiger partial charge in [0.2, 0.25) is 0 Å². The van der Waals surface area contributed by atoms with E-state index in [-0.39, 0.29) is 13.2 Å². The second-order valence-electron chi connectivity index (χ2n) is 3.56. The number of imidazole rings is 1. The standard InChI is InChI=1S/C7H12N2.C4H11O4P/c1-4-7-5-8-6(2)9(7)3;1-3-7-9(5,6)8-4-2/h5H,4H2,1-3H3;3-4H2,1-2H3,(H,5,6). The summed E-state index contributed by atoms with van der Waals surface area (Å²) in [6.45, 7) is 7.65. The van der Waals surface area contributed by atoms with Gasteiger partial charge in [-0.3, -0.25) is 4.57 Å². The predicted molar refractivity (Wildman–Crippen MR) is 66.9 cm³/mol. The summed E-state index contributed by atoms with van der Waals surface area (Å²) in [5, 5.41) is 0. The van der Waals surface area contributed by atoms with Gasteiger partial charge in [-0.25, -0.2) is 9.55 Å². The van der Waals surface area contributed by atoms with Crippen molar-refractivity contribution in [2.24, 2.45) is 7.05 Å². The lowest BCUT2D eigenvalue weighted by Gasteiger charge is -2.20. The number of nitrogens with zero attached hydrogens (tertiary/aromatic N) is 1. The van der Waals surface area contributed by atoms with E-state index in [4.69, 9.17) is 0 Å². The molecule has 1 aromatic heterocycles. The van der Waals surface area contributed by atoms with Gasteiger partial charge in [-0.2, -0.15) is 0 Å². The summed E-state index contributed by atoms with van der Waals surface area (Å²) < 4.78 is 21.1. The van der Waals surface area contributed by atoms with E-state index in [1.54, 1.807) is 13.8 Å². The van der Waals surface area contributed by atoms with Crippen LogP contribution in [0, 0.1) is 6.92 Å². The molecule has 106 valence electrons. The minimum absolute atomic E-state index is 0.126. The van der Waals surface area contributed by atoms with Crippen molar-refractivity contribution >= 4 is 7.82 Å². The molecule has 7 heteroatoms. The Bertz CT molecular complexity index is 382. The van der Waals surface area contributed by atoms with Gasteiger partial charge in [0, 0.05) is 13.3 Å². The van der Waals surface area contributed by atoms with Crippen LogP contribution in [0.3, 0.4) is 0 Å². The Kier molecular flexibility index (Phi) is 8.11. The van der Waals surface area contributed by atoms with Crippen LogP contribution in [-0.4, -0.2) is 18.2 Å². The first-order valence-corrected chi connectivity index (χ1v) is 7.46. The number of aromatic nitrogens is 2. The lowest BCUT2D eigenvalue weighted by molar-refractivity contribution is -0.683. The van der Waals surface area contributed by atoms with Crippen LogP contribution >= 0.6 is 7.82 Å². The topological polar surface area (TPSA) is 78.3 Å². The minimum atomic E-state index is -3.94. The van der Waals surface area contributed by atoms with E-state index < -0.39 is 7.82 Å². The fourth-order valence-electron chi connectivity index (χ4n) is 1.29. The van der Waals surface area contributed by atoms with Crippen molar-refractivity contribution in [2.75, 3.05) is 13.2 Å². The Balaban J connectivity index is 0.000000321. The second-order valence-corrected chi connectivity index (χ2v) is 4.97. The van der Waals surface area contributed by atoms with Gasteiger partial charge in [-0.05, 0) is 13.8 Å². The molecule has 0 aliphatic heterocycles. The summed E-state index contributed by atoms with van der Waals surface area (Å²) in [5.74, 6) is 1.21. The number of aryl methyl sites for hydroxylation is 2. The molecule has 0 aliphatic rings. The van der Waals surface area contributed by atoms with Crippen LogP contribution in [0.15, 0.2) is 6.20 Å². The molecule has 0 radical (unpaired) electrons. The zero-order valence-electron chi connectivity index (χ0n) is 11.7. The molecule has 0 amide bonds. The molecule has 0 spiro atoms. The van der Waals surface area contributed by atoms with Crippen LogP contribution in [0.5, 0.6) is 0 Å². The van der Waals surface area contributed by atoms with E-state index >= 15 is 0 Å². The van der Waals surface area contributed by atoms with E-state index in [2.05, 4.69) is 45.7 Å². The smallest absolute Gasteiger partial charge is 0.267 e. The van der Waals surface area contributed by atoms with Crippen LogP contribution < -0.4 is 9.46 Å². The van der Waals surface area contributed by atoms with Crippen molar-refractivity contribution in [3.05, 3.63) is 17.7 Å². The van der Waals surface area contributed by atoms with Crippen molar-refractivity contribution in [3.63, 3.8) is 0 Å². The van der Waals surface area contributed by atoms with Gasteiger partial charge in [0.15, 0.2) is 0 Å². The van der Waals surface area contributed by atoms with E-state index in [0.717, 1.165) is 6.42 Å². The van der Waals surface area contributed by atoms with Crippen LogP contribution in [-0.2, 0) is 27.1 Å². The molecule has 0 aliphatic carbocycles. The number of nitrogens with one attached hydrogen (secondary N) is 1. The number of phosphoric ester groups is 1. The molecule has 0 unspecified atom stereocenters. The van der Waals surface area contributed by atoms with Gasteiger partial charge in [-0.15, -0.1) is 0 Å². The SMILES string of the molecule is CCOP(=O)([O-])OCC.CCc1c[nH]c(C)[n+]1C. The molecule has 1 aromatic rings. The lowest BCUT2D eigenvalue weighted by atomic mass is 10.4. The number of rotatable bonds is 5. The maximum Gasteiger partial charge on any atom is 0.267 e. The average molecular weight is 278 g/mol. The molecule has 0 aromatic carbocycles. The van der Waals surface area contributed by atoms with Crippen molar-refractivity contribution in [1.29, 1.82) is 0 Å². The maximum atomic E-state index is 10.4. The zero-order chi connectivity index (χ0) is 14.2. The predicted octanol–water partition coefficient (Wildman–Crippen LogP) is 1.24. The van der Waals surface area contributed by atoms with Gasteiger partial charge in [0.05, 0.1) is 20.3 Å². The highest BCUT2D eigenvalue weighted by Gasteiger charge is 2.05. The van der Waals surface area contributed by atoms with E-state index in [0.29, 0.717) is 0 Å². The third-order valence-corrected chi connectivity index (χ3v) is 3.47. The average Bonchev–Trinajstić information content (AvgIpc) is 2.60. The van der Waals surface area contributed by atoms with E-state index in [9.17, 15) is 9.46 Å². The Morgan fingerprint density at radius 1 is 1.33 bits per heavy atom. The van der Waals surface area contributed by atoms with Gasteiger partial charge in [0.1, 0.15) is 11.9 Å². The number of hydrogen-bond donors (Lipinski definition) is 1. The molecule has 1 heterocycles. The first kappa shape index (κ1) is 17.3. The van der Waals surface area contributed by atoms with Gasteiger partial charge >= 0.3 is 0 Å². The lowest BCUT2D eigenvalue weighted by Crippen LogP contribution is -2.33. The quantitative estimate of drug-likeness (QED) is 0.649. The Morgan fingerprint density at radius 2 is 1.83 bits per heavy atom. The molecule has 18 heavy (non-hydrogen) atoms. The summed E-state index contributed by atoms with van der Waals surface area (Å²) in [5.41, 5.74) is 1.35. The van der Waals surface area contributed by atoms with Crippen molar-refractivity contribution in [2.45, 2.75) is 34.1 Å². The summed E-state index contributed by atoms with van der Waals surface area (Å²) in [6.07, 6.45) is 3.15. The summed E-state index contributed by atoms with van der Waals surface area (Å²) in [7, 11) is -1.87. The number of hydrogen-bond acceptors (Lipinski definition) is 4. The summed E-state index contributed by atoms with van der Waals surface area (Å²) in [6, 6.07) is 0. The Labute approximate surface area is 109 Å². The first-order chi connectivity index (χ1) is 8.37. The molecule has 0 fully saturated rings. The third kappa shape index (κ3) is 6.31. The molecule has 1 N–H and O–H groups in total. The number of phosphoric acid groups is 1. The second kappa shape index (κ2) is 8.43. The van der Waals surface area contributed by atoms with Crippen LogP contribution in [0.2, 0.25) is 0 Å². The molecule has 1 rings (SSSR count). The van der Waals surface area contributed by atoms with Crippen LogP contribution in [0.4, 0.5) is 0 Å². The largest absolute Gasteiger partial charge is 0.756 e. The highest BCUT2D eigenvalue weighted by atomic mass is 31.2. The monoisotopic (exact) mass is 278 g/mol. The highest BCUT2D eigenvalue weighted by Crippen LogP contribution is 2.37. The fourth-order valence-corrected chi connectivity index (χ4v) is 2.00. The molecular weight excluding hydrogens is 255 g/mol. The third-order valence-electron chi connectivity index (χ3n) is 2.32. The number of aromatic amines is 1. The van der Waals surface area contributed by atoms with Gasteiger partial charge in [0.25, 0.3) is 13.6 Å². The fraction of sp³-hybridized carbons (Fsp3) is 0.727. The van der Waals surface area contributed by atoms with Gasteiger partial charge < -0.3 is 13.9 Å². The Hall–Kier alpha value is -0.680. The normalized spacial score (nSPS) is 11.0.